The molecule has 3 aromatic rings. The number of carbonyl (C=O) groups excluding carboxylic acids is 1. The maximum absolute atomic E-state index is 12.9. The van der Waals surface area contributed by atoms with E-state index in [9.17, 15) is 9.59 Å². The van der Waals surface area contributed by atoms with E-state index in [0.717, 1.165) is 16.7 Å². The molecule has 0 unspecified atom stereocenters. The third-order valence-corrected chi connectivity index (χ3v) is 5.04. The number of halogens is 1. The van der Waals surface area contributed by atoms with Crippen molar-refractivity contribution < 1.29 is 19.4 Å². The Morgan fingerprint density at radius 2 is 1.83 bits per heavy atom. The fraction of sp³-hybridized carbons (Fsp3) is 0.174. The van der Waals surface area contributed by atoms with Crippen molar-refractivity contribution >= 4 is 23.5 Å². The molecular formula is C23H21ClN2O4. The van der Waals surface area contributed by atoms with E-state index >= 15 is 0 Å². The standard InChI is InChI=1S/C23H21ClN2O4/c1-13-5-4-6-20(14(13)2)30-22-19(11-18(24)12-25-22)21(27)26-15(3)16-7-9-17(10-8-16)23(28)29/h4-12,15H,1-3H3,(H,26,27)(H,28,29)/t15-/m0/s1. The van der Waals surface area contributed by atoms with E-state index in [-0.39, 0.29) is 23.0 Å². The van der Waals surface area contributed by atoms with E-state index in [1.807, 2.05) is 32.0 Å². The Kier molecular flexibility index (Phi) is 6.37. The minimum Gasteiger partial charge on any atom is -0.478 e. The number of amides is 1. The molecule has 1 atom stereocenters. The van der Waals surface area contributed by atoms with E-state index < -0.39 is 11.9 Å². The van der Waals surface area contributed by atoms with Gasteiger partial charge in [0.1, 0.15) is 11.3 Å². The minimum atomic E-state index is -1.00. The highest BCUT2D eigenvalue weighted by atomic mass is 35.5. The fourth-order valence-corrected chi connectivity index (χ4v) is 3.04. The van der Waals surface area contributed by atoms with Crippen LogP contribution in [0.3, 0.4) is 0 Å². The predicted octanol–water partition coefficient (Wildman–Crippen LogP) is 5.33. The fourth-order valence-electron chi connectivity index (χ4n) is 2.88. The molecule has 0 fully saturated rings. The summed E-state index contributed by atoms with van der Waals surface area (Å²) in [5.74, 6) is -0.646. The monoisotopic (exact) mass is 424 g/mol. The SMILES string of the molecule is Cc1cccc(Oc2ncc(Cl)cc2C(=O)N[C@@H](C)c2ccc(C(=O)O)cc2)c1C. The van der Waals surface area contributed by atoms with Crippen molar-refractivity contribution in [1.82, 2.24) is 10.3 Å². The highest BCUT2D eigenvalue weighted by Gasteiger charge is 2.19. The summed E-state index contributed by atoms with van der Waals surface area (Å²) >= 11 is 6.07. The second kappa shape index (κ2) is 8.97. The van der Waals surface area contributed by atoms with Crippen molar-refractivity contribution in [2.24, 2.45) is 0 Å². The molecule has 0 aliphatic heterocycles. The van der Waals surface area contributed by atoms with E-state index in [4.69, 9.17) is 21.4 Å². The lowest BCUT2D eigenvalue weighted by Gasteiger charge is -2.17. The van der Waals surface area contributed by atoms with Crippen LogP contribution in [0.15, 0.2) is 54.7 Å². The van der Waals surface area contributed by atoms with Gasteiger partial charge < -0.3 is 15.2 Å². The topological polar surface area (TPSA) is 88.5 Å². The highest BCUT2D eigenvalue weighted by Crippen LogP contribution is 2.29. The first-order valence-corrected chi connectivity index (χ1v) is 9.67. The van der Waals surface area contributed by atoms with E-state index in [0.29, 0.717) is 10.8 Å². The summed E-state index contributed by atoms with van der Waals surface area (Å²) in [5, 5.41) is 12.2. The van der Waals surface area contributed by atoms with E-state index in [1.54, 1.807) is 19.1 Å². The lowest BCUT2D eigenvalue weighted by atomic mass is 10.1. The molecule has 1 amide bonds. The molecule has 6 nitrogen and oxygen atoms in total. The zero-order valence-electron chi connectivity index (χ0n) is 16.8. The maximum Gasteiger partial charge on any atom is 0.335 e. The van der Waals surface area contributed by atoms with Crippen LogP contribution in [0.4, 0.5) is 0 Å². The van der Waals surface area contributed by atoms with Gasteiger partial charge in [-0.05, 0) is 61.7 Å². The number of nitrogens with one attached hydrogen (secondary N) is 1. The van der Waals surface area contributed by atoms with Crippen LogP contribution in [0.25, 0.3) is 0 Å². The molecule has 0 aliphatic carbocycles. The van der Waals surface area contributed by atoms with Gasteiger partial charge in [-0.2, -0.15) is 0 Å². The van der Waals surface area contributed by atoms with Gasteiger partial charge in [0.15, 0.2) is 0 Å². The first-order chi connectivity index (χ1) is 14.3. The summed E-state index contributed by atoms with van der Waals surface area (Å²) in [6, 6.07) is 13.1. The van der Waals surface area contributed by atoms with Crippen molar-refractivity contribution in [2.45, 2.75) is 26.8 Å². The predicted molar refractivity (Wildman–Crippen MR) is 115 cm³/mol. The van der Waals surface area contributed by atoms with Gasteiger partial charge in [-0.25, -0.2) is 9.78 Å². The first kappa shape index (κ1) is 21.3. The maximum atomic E-state index is 12.9. The van der Waals surface area contributed by atoms with Crippen LogP contribution in [-0.2, 0) is 0 Å². The molecule has 0 aliphatic rings. The Labute approximate surface area is 179 Å². The number of aromatic nitrogens is 1. The quantitative estimate of drug-likeness (QED) is 0.558. The Morgan fingerprint density at radius 1 is 1.13 bits per heavy atom. The third kappa shape index (κ3) is 4.78. The first-order valence-electron chi connectivity index (χ1n) is 9.30. The molecule has 1 aromatic heterocycles. The molecule has 0 radical (unpaired) electrons. The molecule has 0 saturated carbocycles. The smallest absolute Gasteiger partial charge is 0.335 e. The molecule has 2 N–H and O–H groups in total. The number of carboxylic acid groups (broad SMARTS) is 1. The number of benzene rings is 2. The Hall–Kier alpha value is -3.38. The van der Waals surface area contributed by atoms with Gasteiger partial charge in [0.05, 0.1) is 16.6 Å². The molecule has 2 aromatic carbocycles. The number of hydrogen-bond acceptors (Lipinski definition) is 4. The van der Waals surface area contributed by atoms with Crippen LogP contribution in [0.1, 0.15) is 50.4 Å². The van der Waals surface area contributed by atoms with Crippen molar-refractivity contribution in [3.8, 4) is 11.6 Å². The number of carboxylic acids is 1. The summed E-state index contributed by atoms with van der Waals surface area (Å²) in [4.78, 5) is 28.1. The molecular weight excluding hydrogens is 404 g/mol. The second-order valence-corrected chi connectivity index (χ2v) is 7.37. The Bertz CT molecular complexity index is 1100. The van der Waals surface area contributed by atoms with E-state index in [2.05, 4.69) is 10.3 Å². The zero-order chi connectivity index (χ0) is 21.8. The van der Waals surface area contributed by atoms with Gasteiger partial charge in [-0.15, -0.1) is 0 Å². The van der Waals surface area contributed by atoms with Gasteiger partial charge in [0.25, 0.3) is 5.91 Å². The molecule has 1 heterocycles. The van der Waals surface area contributed by atoms with Crippen LogP contribution < -0.4 is 10.1 Å². The molecule has 0 saturated heterocycles. The molecule has 154 valence electrons. The number of hydrogen-bond donors (Lipinski definition) is 2. The minimum absolute atomic E-state index is 0.152. The lowest BCUT2D eigenvalue weighted by molar-refractivity contribution is 0.0696. The molecule has 30 heavy (non-hydrogen) atoms. The van der Waals surface area contributed by atoms with Crippen LogP contribution in [0, 0.1) is 13.8 Å². The normalized spacial score (nSPS) is 11.6. The third-order valence-electron chi connectivity index (χ3n) is 4.83. The largest absolute Gasteiger partial charge is 0.478 e. The van der Waals surface area contributed by atoms with E-state index in [1.165, 1.54) is 24.4 Å². The van der Waals surface area contributed by atoms with Crippen LogP contribution in [0.5, 0.6) is 11.6 Å². The number of pyridine rings is 1. The van der Waals surface area contributed by atoms with Gasteiger partial charge in [0, 0.05) is 6.20 Å². The second-order valence-electron chi connectivity index (χ2n) is 6.93. The van der Waals surface area contributed by atoms with Crippen molar-refractivity contribution in [3.05, 3.63) is 87.6 Å². The molecule has 3 rings (SSSR count). The summed E-state index contributed by atoms with van der Waals surface area (Å²) in [6.45, 7) is 5.71. The summed E-state index contributed by atoms with van der Waals surface area (Å²) in [5.41, 5.74) is 3.16. The van der Waals surface area contributed by atoms with Gasteiger partial charge in [-0.3, -0.25) is 4.79 Å². The van der Waals surface area contributed by atoms with Crippen LogP contribution in [0.2, 0.25) is 5.02 Å². The number of aromatic carboxylic acids is 1. The average molecular weight is 425 g/mol. The average Bonchev–Trinajstić information content (AvgIpc) is 2.72. The van der Waals surface area contributed by atoms with Crippen molar-refractivity contribution in [1.29, 1.82) is 0 Å². The summed E-state index contributed by atoms with van der Waals surface area (Å²) in [7, 11) is 0. The van der Waals surface area contributed by atoms with Gasteiger partial charge in [0.2, 0.25) is 5.88 Å². The number of nitrogens with zero attached hydrogens (tertiary/aromatic N) is 1. The van der Waals surface area contributed by atoms with Crippen LogP contribution >= 0.6 is 11.6 Å². The highest BCUT2D eigenvalue weighted by molar-refractivity contribution is 6.30. The number of aryl methyl sites for hydroxylation is 1. The Morgan fingerprint density at radius 3 is 2.50 bits per heavy atom. The summed E-state index contributed by atoms with van der Waals surface area (Å²) in [6.07, 6.45) is 1.42. The molecule has 0 bridgehead atoms. The molecule has 0 spiro atoms. The summed E-state index contributed by atoms with van der Waals surface area (Å²) < 4.78 is 5.93. The number of carbonyl (C=O) groups is 2. The van der Waals surface area contributed by atoms with Crippen LogP contribution in [-0.4, -0.2) is 22.0 Å². The van der Waals surface area contributed by atoms with Gasteiger partial charge in [-0.1, -0.05) is 35.9 Å². The van der Waals surface area contributed by atoms with Gasteiger partial charge >= 0.3 is 5.97 Å². The van der Waals surface area contributed by atoms with Crippen molar-refractivity contribution in [2.75, 3.05) is 0 Å². The number of ether oxygens (including phenoxy) is 1. The molecule has 7 heteroatoms. The van der Waals surface area contributed by atoms with Crippen molar-refractivity contribution in [3.63, 3.8) is 0 Å². The Balaban J connectivity index is 1.83. The zero-order valence-corrected chi connectivity index (χ0v) is 17.5. The number of rotatable bonds is 6. The lowest BCUT2D eigenvalue weighted by Crippen LogP contribution is -2.27.